The molecule has 0 aliphatic rings. The highest BCUT2D eigenvalue weighted by Crippen LogP contribution is 2.29. The number of hydrogen-bond acceptors (Lipinski definition) is 1. The molecule has 0 amide bonds. The molecular formula is C24H21FN2. The minimum atomic E-state index is -0.258. The van der Waals surface area contributed by atoms with Gasteiger partial charge in [-0.3, -0.25) is 0 Å². The van der Waals surface area contributed by atoms with Crippen LogP contribution in [0.15, 0.2) is 91.3 Å². The molecule has 0 saturated carbocycles. The van der Waals surface area contributed by atoms with Crippen molar-refractivity contribution in [3.63, 3.8) is 0 Å². The number of aromatic nitrogens is 2. The van der Waals surface area contributed by atoms with E-state index in [0.717, 1.165) is 18.4 Å². The number of aromatic amines is 1. The maximum absolute atomic E-state index is 14.4. The highest BCUT2D eigenvalue weighted by molar-refractivity contribution is 5.57. The van der Waals surface area contributed by atoms with Crippen molar-refractivity contribution in [2.75, 3.05) is 0 Å². The van der Waals surface area contributed by atoms with Gasteiger partial charge in [0.1, 0.15) is 11.6 Å². The quantitative estimate of drug-likeness (QED) is 0.466. The van der Waals surface area contributed by atoms with E-state index in [9.17, 15) is 4.39 Å². The van der Waals surface area contributed by atoms with E-state index in [1.165, 1.54) is 11.1 Å². The van der Waals surface area contributed by atoms with Crippen molar-refractivity contribution in [2.24, 2.45) is 0 Å². The standard InChI is InChI=1S/C24H21FN2/c25-23-12-11-20(17-22(23)24-26-13-14-27-24)21(15-18-7-3-1-4-8-18)16-19-9-5-2-6-10-19/h1-14,17,21H,15-16H2,(H,26,27). The lowest BCUT2D eigenvalue weighted by Gasteiger charge is -2.19. The van der Waals surface area contributed by atoms with Crippen molar-refractivity contribution in [2.45, 2.75) is 18.8 Å². The van der Waals surface area contributed by atoms with Crippen LogP contribution in [-0.4, -0.2) is 9.97 Å². The summed E-state index contributed by atoms with van der Waals surface area (Å²) in [7, 11) is 0. The van der Waals surface area contributed by atoms with E-state index in [1.54, 1.807) is 18.5 Å². The molecule has 0 spiro atoms. The summed E-state index contributed by atoms with van der Waals surface area (Å²) in [6.45, 7) is 0. The van der Waals surface area contributed by atoms with Crippen LogP contribution in [0.4, 0.5) is 4.39 Å². The summed E-state index contributed by atoms with van der Waals surface area (Å²) in [4.78, 5) is 7.23. The lowest BCUT2D eigenvalue weighted by molar-refractivity contribution is 0.625. The minimum Gasteiger partial charge on any atom is -0.345 e. The van der Waals surface area contributed by atoms with E-state index in [4.69, 9.17) is 0 Å². The van der Waals surface area contributed by atoms with Gasteiger partial charge in [0, 0.05) is 12.4 Å². The number of halogens is 1. The molecule has 0 bridgehead atoms. The fraction of sp³-hybridized carbons (Fsp3) is 0.125. The summed E-state index contributed by atoms with van der Waals surface area (Å²) in [6.07, 6.45) is 5.16. The summed E-state index contributed by atoms with van der Waals surface area (Å²) >= 11 is 0. The Labute approximate surface area is 158 Å². The summed E-state index contributed by atoms with van der Waals surface area (Å²) in [5, 5.41) is 0. The average molecular weight is 356 g/mol. The normalized spacial score (nSPS) is 11.0. The van der Waals surface area contributed by atoms with E-state index < -0.39 is 0 Å². The molecule has 1 heterocycles. The van der Waals surface area contributed by atoms with Gasteiger partial charge in [0.25, 0.3) is 0 Å². The van der Waals surface area contributed by atoms with Crippen molar-refractivity contribution >= 4 is 0 Å². The molecule has 3 aromatic carbocycles. The molecule has 27 heavy (non-hydrogen) atoms. The van der Waals surface area contributed by atoms with Crippen LogP contribution in [0.1, 0.15) is 22.6 Å². The van der Waals surface area contributed by atoms with Crippen LogP contribution < -0.4 is 0 Å². The van der Waals surface area contributed by atoms with E-state index in [-0.39, 0.29) is 11.7 Å². The Balaban J connectivity index is 1.70. The largest absolute Gasteiger partial charge is 0.345 e. The number of rotatable bonds is 6. The summed E-state index contributed by atoms with van der Waals surface area (Å²) in [6, 6.07) is 26.3. The minimum absolute atomic E-state index is 0.254. The Bertz CT molecular complexity index is 938. The molecule has 2 nitrogen and oxygen atoms in total. The molecule has 1 aromatic heterocycles. The van der Waals surface area contributed by atoms with Crippen molar-refractivity contribution in [3.05, 3.63) is 114 Å². The number of nitrogens with one attached hydrogen (secondary N) is 1. The van der Waals surface area contributed by atoms with Gasteiger partial charge in [-0.1, -0.05) is 66.7 Å². The molecule has 0 atom stereocenters. The molecule has 0 unspecified atom stereocenters. The Morgan fingerprint density at radius 3 is 2.00 bits per heavy atom. The average Bonchev–Trinajstić information content (AvgIpc) is 3.24. The van der Waals surface area contributed by atoms with E-state index >= 15 is 0 Å². The number of imidazole rings is 1. The lowest BCUT2D eigenvalue weighted by atomic mass is 9.86. The fourth-order valence-corrected chi connectivity index (χ4v) is 3.50. The van der Waals surface area contributed by atoms with E-state index in [1.807, 2.05) is 24.3 Å². The molecule has 4 aromatic rings. The third kappa shape index (κ3) is 4.14. The van der Waals surface area contributed by atoms with Gasteiger partial charge >= 0.3 is 0 Å². The molecule has 1 N–H and O–H groups in total. The van der Waals surface area contributed by atoms with Crippen molar-refractivity contribution in [1.82, 2.24) is 9.97 Å². The number of H-pyrrole nitrogens is 1. The Morgan fingerprint density at radius 1 is 0.815 bits per heavy atom. The van der Waals surface area contributed by atoms with Crippen molar-refractivity contribution in [1.29, 1.82) is 0 Å². The molecule has 0 fully saturated rings. The first-order valence-electron chi connectivity index (χ1n) is 9.16. The second kappa shape index (κ2) is 8.00. The van der Waals surface area contributed by atoms with Crippen LogP contribution in [0.2, 0.25) is 0 Å². The van der Waals surface area contributed by atoms with Gasteiger partial charge in [-0.15, -0.1) is 0 Å². The second-order valence-corrected chi connectivity index (χ2v) is 6.75. The topological polar surface area (TPSA) is 28.7 Å². The van der Waals surface area contributed by atoms with Crippen LogP contribution in [0.5, 0.6) is 0 Å². The van der Waals surface area contributed by atoms with Crippen molar-refractivity contribution < 1.29 is 4.39 Å². The smallest absolute Gasteiger partial charge is 0.140 e. The molecule has 3 heteroatoms. The van der Waals surface area contributed by atoms with Crippen LogP contribution >= 0.6 is 0 Å². The lowest BCUT2D eigenvalue weighted by Crippen LogP contribution is -2.08. The molecule has 134 valence electrons. The SMILES string of the molecule is Fc1ccc(C(Cc2ccccc2)Cc2ccccc2)cc1-c1ncc[nH]1. The molecule has 0 radical (unpaired) electrons. The Kier molecular flexibility index (Phi) is 5.10. The summed E-state index contributed by atoms with van der Waals surface area (Å²) < 4.78 is 14.4. The van der Waals surface area contributed by atoms with Crippen LogP contribution in [0, 0.1) is 5.82 Å². The summed E-state index contributed by atoms with van der Waals surface area (Å²) in [5.41, 5.74) is 4.20. The molecule has 0 aliphatic heterocycles. The number of benzene rings is 3. The number of nitrogens with zero attached hydrogens (tertiary/aromatic N) is 1. The van der Waals surface area contributed by atoms with Gasteiger partial charge in [-0.2, -0.15) is 0 Å². The van der Waals surface area contributed by atoms with Gasteiger partial charge < -0.3 is 4.98 Å². The van der Waals surface area contributed by atoms with Gasteiger partial charge in [-0.05, 0) is 47.6 Å². The van der Waals surface area contributed by atoms with E-state index in [2.05, 4.69) is 58.5 Å². The Hall–Kier alpha value is -3.20. The van der Waals surface area contributed by atoms with Gasteiger partial charge in [-0.25, -0.2) is 9.37 Å². The van der Waals surface area contributed by atoms with Gasteiger partial charge in [0.2, 0.25) is 0 Å². The highest BCUT2D eigenvalue weighted by atomic mass is 19.1. The van der Waals surface area contributed by atoms with Crippen LogP contribution in [-0.2, 0) is 12.8 Å². The molecule has 0 aliphatic carbocycles. The maximum atomic E-state index is 14.4. The second-order valence-electron chi connectivity index (χ2n) is 6.75. The number of hydrogen-bond donors (Lipinski definition) is 1. The van der Waals surface area contributed by atoms with Crippen LogP contribution in [0.3, 0.4) is 0 Å². The van der Waals surface area contributed by atoms with Gasteiger partial charge in [0.15, 0.2) is 0 Å². The third-order valence-corrected chi connectivity index (χ3v) is 4.87. The zero-order chi connectivity index (χ0) is 18.5. The zero-order valence-corrected chi connectivity index (χ0v) is 15.0. The maximum Gasteiger partial charge on any atom is 0.140 e. The Morgan fingerprint density at radius 2 is 1.44 bits per heavy atom. The zero-order valence-electron chi connectivity index (χ0n) is 15.0. The van der Waals surface area contributed by atoms with Gasteiger partial charge in [0.05, 0.1) is 5.56 Å². The molecule has 4 rings (SSSR count). The van der Waals surface area contributed by atoms with Crippen LogP contribution in [0.25, 0.3) is 11.4 Å². The predicted molar refractivity (Wildman–Crippen MR) is 107 cm³/mol. The van der Waals surface area contributed by atoms with E-state index in [0.29, 0.717) is 11.4 Å². The third-order valence-electron chi connectivity index (χ3n) is 4.87. The predicted octanol–water partition coefficient (Wildman–Crippen LogP) is 5.78. The molecule has 0 saturated heterocycles. The van der Waals surface area contributed by atoms with Crippen molar-refractivity contribution in [3.8, 4) is 11.4 Å². The first-order chi connectivity index (χ1) is 13.3. The first-order valence-corrected chi connectivity index (χ1v) is 9.16. The fourth-order valence-electron chi connectivity index (χ4n) is 3.50. The monoisotopic (exact) mass is 356 g/mol. The molecular weight excluding hydrogens is 335 g/mol. The first kappa shape index (κ1) is 17.2. The summed E-state index contributed by atoms with van der Waals surface area (Å²) in [5.74, 6) is 0.559. The highest BCUT2D eigenvalue weighted by Gasteiger charge is 2.17.